The first-order chi connectivity index (χ1) is 12.3. The maximum atomic E-state index is 11.9. The fraction of sp³-hybridized carbons (Fsp3) is 0.550. The van der Waals surface area contributed by atoms with E-state index in [2.05, 4.69) is 18.8 Å². The summed E-state index contributed by atoms with van der Waals surface area (Å²) in [5, 5.41) is 10.4. The predicted molar refractivity (Wildman–Crippen MR) is 104 cm³/mol. The lowest BCUT2D eigenvalue weighted by molar-refractivity contribution is -0.0300. The molecule has 0 radical (unpaired) electrons. The Kier molecular flexibility index (Phi) is 7.13. The van der Waals surface area contributed by atoms with Gasteiger partial charge in [0.15, 0.2) is 5.81 Å². The molecule has 1 heterocycles. The molecule has 1 fully saturated rings. The van der Waals surface area contributed by atoms with E-state index in [9.17, 15) is 9.90 Å². The second-order valence-electron chi connectivity index (χ2n) is 7.01. The summed E-state index contributed by atoms with van der Waals surface area (Å²) in [7, 11) is 1.48. The fourth-order valence-electron chi connectivity index (χ4n) is 3.11. The molecule has 5 nitrogen and oxygen atoms in total. The fourth-order valence-corrected chi connectivity index (χ4v) is 3.11. The van der Waals surface area contributed by atoms with Gasteiger partial charge in [0.1, 0.15) is 17.6 Å². The Morgan fingerprint density at radius 2 is 2.12 bits per heavy atom. The molecule has 1 aromatic carbocycles. The molecule has 1 saturated heterocycles. The highest BCUT2D eigenvalue weighted by molar-refractivity contribution is 6.57. The van der Waals surface area contributed by atoms with Crippen LogP contribution >= 0.6 is 0 Å². The lowest BCUT2D eigenvalue weighted by atomic mass is 10.0. The van der Waals surface area contributed by atoms with Crippen molar-refractivity contribution in [2.24, 2.45) is 0 Å². The van der Waals surface area contributed by atoms with Crippen molar-refractivity contribution in [2.75, 3.05) is 13.2 Å². The molecule has 1 amide bonds. The van der Waals surface area contributed by atoms with Crippen LogP contribution in [-0.4, -0.2) is 54.7 Å². The van der Waals surface area contributed by atoms with Crippen molar-refractivity contribution in [3.8, 4) is 17.6 Å². The number of carbonyl (C=O) groups excluding carboxylic acids is 1. The molecule has 0 aromatic heterocycles. The molecule has 0 unspecified atom stereocenters. The van der Waals surface area contributed by atoms with Gasteiger partial charge < -0.3 is 19.5 Å². The molecule has 26 heavy (non-hydrogen) atoms. The van der Waals surface area contributed by atoms with Crippen molar-refractivity contribution in [1.82, 2.24) is 4.90 Å². The van der Waals surface area contributed by atoms with Gasteiger partial charge in [-0.1, -0.05) is 31.6 Å². The molecule has 0 aliphatic carbocycles. The van der Waals surface area contributed by atoms with Crippen LogP contribution in [0.15, 0.2) is 24.3 Å². The number of hydrogen-bond acceptors (Lipinski definition) is 4. The van der Waals surface area contributed by atoms with Crippen molar-refractivity contribution in [2.45, 2.75) is 57.9 Å². The molecule has 6 heteroatoms. The average molecular weight is 357 g/mol. The van der Waals surface area contributed by atoms with Crippen molar-refractivity contribution in [3.63, 3.8) is 0 Å². The largest absolute Gasteiger partial charge is 0.494 e. The van der Waals surface area contributed by atoms with Gasteiger partial charge in [0.05, 0.1) is 19.3 Å². The molecular weight excluding hydrogens is 329 g/mol. The number of rotatable bonds is 6. The third kappa shape index (κ3) is 5.26. The minimum Gasteiger partial charge on any atom is -0.494 e. The minimum atomic E-state index is -0.967. The molecule has 1 aliphatic heterocycles. The second kappa shape index (κ2) is 9.11. The van der Waals surface area contributed by atoms with Crippen LogP contribution in [-0.2, 0) is 4.74 Å². The van der Waals surface area contributed by atoms with Gasteiger partial charge in [0.25, 0.3) is 0 Å². The number of nitrogens with zero attached hydrogens (tertiary/aromatic N) is 1. The van der Waals surface area contributed by atoms with Crippen molar-refractivity contribution >= 4 is 13.7 Å². The number of unbranched alkanes of at least 4 members (excludes halogenated alkanes) is 2. The summed E-state index contributed by atoms with van der Waals surface area (Å²) in [5.41, 5.74) is 0.0631. The van der Waals surface area contributed by atoms with Crippen LogP contribution in [0, 0.1) is 11.8 Å². The van der Waals surface area contributed by atoms with Gasteiger partial charge in [-0.25, -0.2) is 0 Å². The van der Waals surface area contributed by atoms with E-state index >= 15 is 0 Å². The Balaban J connectivity index is 1.97. The maximum Gasteiger partial charge on any atom is 0.216 e. The Hall–Kier alpha value is -1.97. The summed E-state index contributed by atoms with van der Waals surface area (Å²) < 4.78 is 11.3. The van der Waals surface area contributed by atoms with Crippen molar-refractivity contribution in [3.05, 3.63) is 29.8 Å². The van der Waals surface area contributed by atoms with E-state index in [1.165, 1.54) is 20.7 Å². The van der Waals surface area contributed by atoms with Gasteiger partial charge in [-0.05, 0) is 44.5 Å². The summed E-state index contributed by atoms with van der Waals surface area (Å²) >= 11 is 0. The van der Waals surface area contributed by atoms with Crippen LogP contribution in [0.4, 0.5) is 4.79 Å². The van der Waals surface area contributed by atoms with Gasteiger partial charge in [0, 0.05) is 5.56 Å². The third-order valence-corrected chi connectivity index (χ3v) is 4.46. The topological polar surface area (TPSA) is 59.0 Å². The SMILES string of the molecule is BC(=O)N1[C@@H]([C@@H](O)C#Cc2ccc(OCCCCC)cc2)COC1(C)C. The van der Waals surface area contributed by atoms with Crippen LogP contribution in [0.2, 0.25) is 0 Å². The smallest absolute Gasteiger partial charge is 0.216 e. The highest BCUT2D eigenvalue weighted by atomic mass is 16.5. The number of amides is 1. The zero-order valence-electron chi connectivity index (χ0n) is 16.1. The van der Waals surface area contributed by atoms with Gasteiger partial charge in [-0.2, -0.15) is 0 Å². The number of aliphatic hydroxyl groups is 1. The zero-order chi connectivity index (χ0) is 19.2. The summed E-state index contributed by atoms with van der Waals surface area (Å²) in [6, 6.07) is 7.04. The van der Waals surface area contributed by atoms with Gasteiger partial charge in [-0.15, -0.1) is 0 Å². The van der Waals surface area contributed by atoms with E-state index in [0.717, 1.165) is 24.3 Å². The lowest BCUT2D eigenvalue weighted by Gasteiger charge is -2.33. The standard InChI is InChI=1S/C20H28BNO4/c1-4-5-6-13-25-16-10-7-15(8-11-16)9-12-18(23)17-14-26-20(2,3)22(17)19(21)24/h7-8,10-11,17-18,23H,4-6,13-14,21H2,1-3H3/t17-,18+/m1/s1. The van der Waals surface area contributed by atoms with Crippen molar-refractivity contribution < 1.29 is 19.4 Å². The summed E-state index contributed by atoms with van der Waals surface area (Å²) in [5.74, 6) is 6.48. The number of hydrogen-bond donors (Lipinski definition) is 1. The normalized spacial score (nSPS) is 19.5. The Labute approximate surface area is 157 Å². The Morgan fingerprint density at radius 1 is 1.42 bits per heavy atom. The van der Waals surface area contributed by atoms with Crippen LogP contribution in [0.25, 0.3) is 0 Å². The van der Waals surface area contributed by atoms with Crippen LogP contribution in [0.5, 0.6) is 5.75 Å². The van der Waals surface area contributed by atoms with E-state index in [0.29, 0.717) is 0 Å². The molecule has 2 rings (SSSR count). The van der Waals surface area contributed by atoms with E-state index in [4.69, 9.17) is 9.47 Å². The Morgan fingerprint density at radius 3 is 2.73 bits per heavy atom. The monoisotopic (exact) mass is 357 g/mol. The molecule has 0 spiro atoms. The predicted octanol–water partition coefficient (Wildman–Crippen LogP) is 2.16. The zero-order valence-corrected chi connectivity index (χ0v) is 16.1. The molecule has 2 atom stereocenters. The highest BCUT2D eigenvalue weighted by Crippen LogP contribution is 2.28. The highest BCUT2D eigenvalue weighted by Gasteiger charge is 2.44. The summed E-state index contributed by atoms with van der Waals surface area (Å²) in [4.78, 5) is 13.4. The molecular formula is C20H28BNO4. The minimum absolute atomic E-state index is 0.136. The molecule has 0 saturated carbocycles. The second-order valence-corrected chi connectivity index (χ2v) is 7.01. The third-order valence-electron chi connectivity index (χ3n) is 4.46. The van der Waals surface area contributed by atoms with Crippen LogP contribution in [0.3, 0.4) is 0 Å². The molecule has 1 aromatic rings. The van der Waals surface area contributed by atoms with E-state index in [1.807, 2.05) is 38.1 Å². The maximum absolute atomic E-state index is 11.9. The Bertz CT molecular complexity index is 663. The summed E-state index contributed by atoms with van der Waals surface area (Å²) in [6.45, 7) is 6.78. The van der Waals surface area contributed by atoms with E-state index < -0.39 is 17.9 Å². The first-order valence-corrected chi connectivity index (χ1v) is 9.21. The van der Waals surface area contributed by atoms with Crippen LogP contribution < -0.4 is 4.74 Å². The first-order valence-electron chi connectivity index (χ1n) is 9.21. The van der Waals surface area contributed by atoms with Crippen LogP contribution in [0.1, 0.15) is 45.6 Å². The molecule has 140 valence electrons. The number of ether oxygens (including phenoxy) is 2. The van der Waals surface area contributed by atoms with Gasteiger partial charge >= 0.3 is 0 Å². The van der Waals surface area contributed by atoms with E-state index in [1.54, 1.807) is 4.90 Å². The quantitative estimate of drug-likeness (QED) is 0.482. The molecule has 1 aliphatic rings. The molecule has 1 N–H and O–H groups in total. The molecule has 0 bridgehead atoms. The van der Waals surface area contributed by atoms with Gasteiger partial charge in [0.2, 0.25) is 7.85 Å². The number of benzene rings is 1. The summed E-state index contributed by atoms with van der Waals surface area (Å²) in [6.07, 6.45) is 2.42. The number of carbonyl (C=O) groups is 1. The average Bonchev–Trinajstić information content (AvgIpc) is 2.93. The van der Waals surface area contributed by atoms with E-state index in [-0.39, 0.29) is 12.4 Å². The number of aliphatic hydroxyl groups excluding tert-OH is 1. The van der Waals surface area contributed by atoms with Crippen molar-refractivity contribution in [1.29, 1.82) is 0 Å². The van der Waals surface area contributed by atoms with Gasteiger partial charge in [-0.3, -0.25) is 4.79 Å². The first kappa shape index (κ1) is 20.3. The lowest BCUT2D eigenvalue weighted by Crippen LogP contribution is -2.51.